The summed E-state index contributed by atoms with van der Waals surface area (Å²) < 4.78 is 4.50. The number of hydrogen-bond donors (Lipinski definition) is 2. The standard InChI is InChI=1S/C8H8O2.C7H6O2.CH4O.H3N/c1-10-8(9)7-5-3-2-4-6-7;8-7(9)6-4-2-1-3-5-6;1-2;/h2-6H,1H3;1-5H,(H,8,9);2H,1H3;1H3. The van der Waals surface area contributed by atoms with Gasteiger partial charge in [0.05, 0.1) is 18.6 Å². The van der Waals surface area contributed by atoms with Crippen LogP contribution < -0.4 is 11.3 Å². The van der Waals surface area contributed by atoms with E-state index in [4.69, 9.17) is 5.11 Å². The summed E-state index contributed by atoms with van der Waals surface area (Å²) in [6, 6.07) is 16.9. The van der Waals surface area contributed by atoms with Gasteiger partial charge in [-0.05, 0) is 17.7 Å². The molecule has 0 fully saturated rings. The molecule has 0 saturated heterocycles. The first-order valence-electron chi connectivity index (χ1n) is 5.99. The topological polar surface area (TPSA) is 123 Å². The van der Waals surface area contributed by atoms with E-state index in [9.17, 15) is 14.7 Å². The summed E-state index contributed by atoms with van der Waals surface area (Å²) >= 11 is 0. The van der Waals surface area contributed by atoms with Gasteiger partial charge >= 0.3 is 5.97 Å². The Kier molecular flexibility index (Phi) is 13.0. The Morgan fingerprint density at radius 2 is 1.23 bits per heavy atom. The molecule has 0 aromatic heterocycles. The van der Waals surface area contributed by atoms with Crippen molar-refractivity contribution in [1.29, 1.82) is 0 Å². The Bertz CT molecular complexity index is 529. The fourth-order valence-corrected chi connectivity index (χ4v) is 1.27. The van der Waals surface area contributed by atoms with Gasteiger partial charge in [-0.3, -0.25) is 0 Å². The maximum absolute atomic E-state index is 10.8. The SMILES string of the molecule is CO.COC(=O)c1ccccc1.O=C([O-])c1ccccc1.[NH4+]. The molecule has 120 valence electrons. The lowest BCUT2D eigenvalue weighted by Gasteiger charge is -1.97. The van der Waals surface area contributed by atoms with Gasteiger partial charge in [0.1, 0.15) is 0 Å². The van der Waals surface area contributed by atoms with Crippen LogP contribution in [0.25, 0.3) is 0 Å². The normalized spacial score (nSPS) is 7.95. The summed E-state index contributed by atoms with van der Waals surface area (Å²) in [4.78, 5) is 20.9. The van der Waals surface area contributed by atoms with Crippen LogP contribution in [-0.2, 0) is 4.74 Å². The van der Waals surface area contributed by atoms with E-state index in [1.54, 1.807) is 42.5 Å². The second-order valence-electron chi connectivity index (χ2n) is 3.51. The summed E-state index contributed by atoms with van der Waals surface area (Å²) in [6.45, 7) is 0. The number of hydrogen-bond acceptors (Lipinski definition) is 5. The van der Waals surface area contributed by atoms with Crippen LogP contribution in [0.2, 0.25) is 0 Å². The van der Waals surface area contributed by atoms with Gasteiger partial charge in [0.25, 0.3) is 0 Å². The molecule has 0 radical (unpaired) electrons. The third-order valence-corrected chi connectivity index (χ3v) is 2.20. The van der Waals surface area contributed by atoms with Gasteiger partial charge in [0.15, 0.2) is 0 Å². The highest BCUT2D eigenvalue weighted by atomic mass is 16.5. The molecule has 2 aromatic carbocycles. The number of aliphatic hydroxyl groups excluding tert-OH is 1. The monoisotopic (exact) mass is 307 g/mol. The van der Waals surface area contributed by atoms with E-state index in [-0.39, 0.29) is 17.7 Å². The van der Waals surface area contributed by atoms with Gasteiger partial charge in [0.2, 0.25) is 0 Å². The zero-order valence-corrected chi connectivity index (χ0v) is 12.9. The van der Waals surface area contributed by atoms with Gasteiger partial charge in [0, 0.05) is 7.11 Å². The predicted octanol–water partition coefficient (Wildman–Crippen LogP) is 1.51. The summed E-state index contributed by atoms with van der Waals surface area (Å²) in [5, 5.41) is 17.1. The molecule has 0 heterocycles. The molecule has 0 atom stereocenters. The van der Waals surface area contributed by atoms with Crippen LogP contribution in [-0.4, -0.2) is 31.3 Å². The highest BCUT2D eigenvalue weighted by Gasteiger charge is 2.00. The minimum absolute atomic E-state index is 0. The summed E-state index contributed by atoms with van der Waals surface area (Å²) in [5.74, 6) is -1.42. The van der Waals surface area contributed by atoms with E-state index in [2.05, 4.69) is 4.74 Å². The number of ether oxygens (including phenoxy) is 1. The van der Waals surface area contributed by atoms with Crippen molar-refractivity contribution in [1.82, 2.24) is 6.15 Å². The molecule has 0 bridgehead atoms. The van der Waals surface area contributed by atoms with E-state index in [0.717, 1.165) is 7.11 Å². The zero-order chi connectivity index (χ0) is 16.1. The Morgan fingerprint density at radius 3 is 1.50 bits per heavy atom. The highest BCUT2D eigenvalue weighted by Crippen LogP contribution is 1.98. The van der Waals surface area contributed by atoms with Crippen LogP contribution in [0.1, 0.15) is 20.7 Å². The summed E-state index contributed by atoms with van der Waals surface area (Å²) in [6.07, 6.45) is 0. The minimum atomic E-state index is -1.13. The average Bonchev–Trinajstić information content (AvgIpc) is 2.58. The molecule has 5 N–H and O–H groups in total. The van der Waals surface area contributed by atoms with Gasteiger partial charge in [-0.2, -0.15) is 0 Å². The van der Waals surface area contributed by atoms with Crippen molar-refractivity contribution in [3.8, 4) is 0 Å². The van der Waals surface area contributed by atoms with Crippen LogP contribution in [0.3, 0.4) is 0 Å². The quantitative estimate of drug-likeness (QED) is 0.814. The Morgan fingerprint density at radius 1 is 0.864 bits per heavy atom. The van der Waals surface area contributed by atoms with E-state index in [1.807, 2.05) is 6.07 Å². The van der Waals surface area contributed by atoms with E-state index < -0.39 is 5.97 Å². The molecule has 0 saturated carbocycles. The van der Waals surface area contributed by atoms with Gasteiger partial charge < -0.3 is 25.9 Å². The van der Waals surface area contributed by atoms with Crippen molar-refractivity contribution in [2.45, 2.75) is 0 Å². The maximum atomic E-state index is 10.8. The number of esters is 1. The van der Waals surface area contributed by atoms with E-state index >= 15 is 0 Å². The minimum Gasteiger partial charge on any atom is -0.545 e. The fourth-order valence-electron chi connectivity index (χ4n) is 1.27. The van der Waals surface area contributed by atoms with E-state index in [1.165, 1.54) is 19.2 Å². The molecule has 22 heavy (non-hydrogen) atoms. The number of methoxy groups -OCH3 is 1. The molecule has 0 unspecified atom stereocenters. The van der Waals surface area contributed by atoms with Crippen molar-refractivity contribution in [2.24, 2.45) is 0 Å². The van der Waals surface area contributed by atoms with Crippen molar-refractivity contribution < 1.29 is 24.5 Å². The molecule has 6 heteroatoms. The number of quaternary nitrogens is 1. The maximum Gasteiger partial charge on any atom is 0.337 e. The van der Waals surface area contributed by atoms with Crippen LogP contribution in [0.5, 0.6) is 0 Å². The molecule has 0 aliphatic heterocycles. The number of rotatable bonds is 2. The van der Waals surface area contributed by atoms with E-state index in [0.29, 0.717) is 5.56 Å². The van der Waals surface area contributed by atoms with Crippen molar-refractivity contribution >= 4 is 11.9 Å². The lowest BCUT2D eigenvalue weighted by Crippen LogP contribution is -2.21. The molecule has 2 aromatic rings. The first-order valence-corrected chi connectivity index (χ1v) is 5.99. The number of carboxylic acid groups (broad SMARTS) is 1. The largest absolute Gasteiger partial charge is 0.545 e. The molecular weight excluding hydrogens is 286 g/mol. The highest BCUT2D eigenvalue weighted by molar-refractivity contribution is 5.89. The average molecular weight is 307 g/mol. The molecule has 0 aliphatic rings. The smallest absolute Gasteiger partial charge is 0.337 e. The molecular formula is C16H21NO5. The second kappa shape index (κ2) is 13.3. The summed E-state index contributed by atoms with van der Waals surface area (Å²) in [7, 11) is 2.37. The summed E-state index contributed by atoms with van der Waals surface area (Å²) in [5.41, 5.74) is 0.808. The number of aromatic carboxylic acids is 1. The number of carbonyl (C=O) groups is 2. The number of carbonyl (C=O) groups excluding carboxylic acids is 2. The lowest BCUT2D eigenvalue weighted by atomic mass is 10.2. The van der Waals surface area contributed by atoms with Crippen molar-refractivity contribution in [2.75, 3.05) is 14.2 Å². The Labute approximate surface area is 129 Å². The number of aliphatic hydroxyl groups is 1. The molecule has 6 nitrogen and oxygen atoms in total. The second-order valence-corrected chi connectivity index (χ2v) is 3.51. The first-order chi connectivity index (χ1) is 10.1. The third-order valence-electron chi connectivity index (χ3n) is 2.20. The lowest BCUT2D eigenvalue weighted by molar-refractivity contribution is -0.255. The Hall–Kier alpha value is -2.70. The Balaban J connectivity index is 0. The number of benzene rings is 2. The van der Waals surface area contributed by atoms with Crippen LogP contribution in [0.4, 0.5) is 0 Å². The first kappa shape index (κ1) is 21.6. The van der Waals surface area contributed by atoms with Crippen LogP contribution in [0.15, 0.2) is 60.7 Å². The van der Waals surface area contributed by atoms with Crippen molar-refractivity contribution in [3.63, 3.8) is 0 Å². The predicted molar refractivity (Wildman–Crippen MR) is 82.7 cm³/mol. The van der Waals surface area contributed by atoms with Gasteiger partial charge in [-0.25, -0.2) is 4.79 Å². The fraction of sp³-hybridized carbons (Fsp3) is 0.125. The van der Waals surface area contributed by atoms with Crippen LogP contribution >= 0.6 is 0 Å². The third kappa shape index (κ3) is 8.47. The van der Waals surface area contributed by atoms with Crippen molar-refractivity contribution in [3.05, 3.63) is 71.8 Å². The van der Waals surface area contributed by atoms with Gasteiger partial charge in [-0.1, -0.05) is 48.5 Å². The van der Waals surface area contributed by atoms with Crippen LogP contribution in [0, 0.1) is 0 Å². The molecule has 0 aliphatic carbocycles. The zero-order valence-electron chi connectivity index (χ0n) is 12.9. The van der Waals surface area contributed by atoms with Gasteiger partial charge in [-0.15, -0.1) is 0 Å². The molecule has 0 spiro atoms. The molecule has 0 amide bonds. The molecule has 2 rings (SSSR count). The number of carboxylic acids is 1.